The van der Waals surface area contributed by atoms with Crippen LogP contribution >= 0.6 is 0 Å². The maximum atomic E-state index is 12.5. The number of benzene rings is 2. The lowest BCUT2D eigenvalue weighted by atomic mass is 10.1. The Morgan fingerprint density at radius 1 is 1.03 bits per heavy atom. The number of rotatable bonds is 9. The Bertz CT molecular complexity index is 1110. The van der Waals surface area contributed by atoms with E-state index in [1.807, 2.05) is 13.8 Å². The molecule has 0 spiro atoms. The zero-order chi connectivity index (χ0) is 22.6. The molecule has 9 heteroatoms. The van der Waals surface area contributed by atoms with Gasteiger partial charge in [-0.2, -0.15) is 0 Å². The first-order valence-electron chi connectivity index (χ1n) is 9.98. The van der Waals surface area contributed by atoms with Crippen molar-refractivity contribution in [3.63, 3.8) is 0 Å². The van der Waals surface area contributed by atoms with Gasteiger partial charge >= 0.3 is 5.97 Å². The summed E-state index contributed by atoms with van der Waals surface area (Å²) >= 11 is 0. The van der Waals surface area contributed by atoms with E-state index in [-0.39, 0.29) is 40.6 Å². The molecule has 0 aromatic heterocycles. The van der Waals surface area contributed by atoms with Crippen LogP contribution in [-0.2, 0) is 14.8 Å². The van der Waals surface area contributed by atoms with Crippen LogP contribution in [0.3, 0.4) is 0 Å². The average Bonchev–Trinajstić information content (AvgIpc) is 2.99. The number of nitrogens with one attached hydrogen (secondary N) is 1. The molecule has 0 saturated heterocycles. The SMILES string of the molecule is CCCCN1C(=O)c2ccc(C(=O)OCCNS(=O)(=O)c3ccc(C)cc3)cc2C1=O. The number of fused-ring (bicyclic) bond motifs is 1. The first kappa shape index (κ1) is 22.6. The number of unbranched alkanes of at least 4 members (excludes halogenated alkanes) is 1. The molecular weight excluding hydrogens is 420 g/mol. The number of amides is 2. The van der Waals surface area contributed by atoms with Crippen LogP contribution in [0.15, 0.2) is 47.4 Å². The number of ether oxygens (including phenoxy) is 1. The standard InChI is InChI=1S/C22H24N2O6S/c1-3-4-12-24-20(25)18-10-7-16(14-19(18)21(24)26)22(27)30-13-11-23-31(28,29)17-8-5-15(2)6-9-17/h5-10,14,23H,3-4,11-13H2,1-2H3. The van der Waals surface area contributed by atoms with Gasteiger partial charge in [0.05, 0.1) is 21.6 Å². The van der Waals surface area contributed by atoms with Crippen molar-refractivity contribution >= 4 is 27.8 Å². The maximum absolute atomic E-state index is 12.5. The third kappa shape index (κ3) is 5.00. The number of hydrogen-bond acceptors (Lipinski definition) is 6. The van der Waals surface area contributed by atoms with Crippen molar-refractivity contribution in [2.45, 2.75) is 31.6 Å². The number of hydrogen-bond donors (Lipinski definition) is 1. The summed E-state index contributed by atoms with van der Waals surface area (Å²) in [6.07, 6.45) is 1.55. The maximum Gasteiger partial charge on any atom is 0.338 e. The molecule has 3 rings (SSSR count). The van der Waals surface area contributed by atoms with Gasteiger partial charge in [0.2, 0.25) is 10.0 Å². The lowest BCUT2D eigenvalue weighted by Gasteiger charge is -2.12. The number of sulfonamides is 1. The molecule has 0 atom stereocenters. The Morgan fingerprint density at radius 2 is 1.71 bits per heavy atom. The van der Waals surface area contributed by atoms with Crippen molar-refractivity contribution < 1.29 is 27.5 Å². The van der Waals surface area contributed by atoms with Gasteiger partial charge in [0.25, 0.3) is 11.8 Å². The van der Waals surface area contributed by atoms with Crippen molar-refractivity contribution in [1.29, 1.82) is 0 Å². The summed E-state index contributed by atoms with van der Waals surface area (Å²) in [6.45, 7) is 3.87. The molecule has 31 heavy (non-hydrogen) atoms. The van der Waals surface area contributed by atoms with Crippen LogP contribution in [0.1, 0.15) is 56.4 Å². The molecule has 164 valence electrons. The lowest BCUT2D eigenvalue weighted by Crippen LogP contribution is -2.30. The summed E-state index contributed by atoms with van der Waals surface area (Å²) in [7, 11) is -3.70. The quantitative estimate of drug-likeness (QED) is 0.362. The van der Waals surface area contributed by atoms with Gasteiger partial charge in [0.1, 0.15) is 6.61 Å². The highest BCUT2D eigenvalue weighted by atomic mass is 32.2. The molecule has 0 unspecified atom stereocenters. The summed E-state index contributed by atoms with van der Waals surface area (Å²) in [6, 6.07) is 10.6. The Morgan fingerprint density at radius 3 is 2.39 bits per heavy atom. The third-order valence-corrected chi connectivity index (χ3v) is 6.38. The minimum Gasteiger partial charge on any atom is -0.461 e. The smallest absolute Gasteiger partial charge is 0.338 e. The summed E-state index contributed by atoms with van der Waals surface area (Å²) < 4.78 is 32.0. The third-order valence-electron chi connectivity index (χ3n) is 4.90. The van der Waals surface area contributed by atoms with Gasteiger partial charge in [-0.3, -0.25) is 14.5 Å². The van der Waals surface area contributed by atoms with Gasteiger partial charge < -0.3 is 4.74 Å². The van der Waals surface area contributed by atoms with Crippen LogP contribution in [-0.4, -0.2) is 50.8 Å². The number of esters is 1. The molecule has 0 radical (unpaired) electrons. The minimum atomic E-state index is -3.70. The van der Waals surface area contributed by atoms with E-state index in [0.717, 1.165) is 12.0 Å². The Balaban J connectivity index is 1.57. The van der Waals surface area contributed by atoms with Gasteiger partial charge in [0.15, 0.2) is 0 Å². The summed E-state index contributed by atoms with van der Waals surface area (Å²) in [5.74, 6) is -1.49. The molecule has 2 aromatic carbocycles. The van der Waals surface area contributed by atoms with Gasteiger partial charge in [-0.25, -0.2) is 17.9 Å². The minimum absolute atomic E-state index is 0.102. The zero-order valence-electron chi connectivity index (χ0n) is 17.4. The van der Waals surface area contributed by atoms with Crippen molar-refractivity contribution in [3.8, 4) is 0 Å². The number of imide groups is 1. The normalized spacial score (nSPS) is 13.4. The van der Waals surface area contributed by atoms with E-state index in [0.29, 0.717) is 13.0 Å². The van der Waals surface area contributed by atoms with Crippen LogP contribution in [0.4, 0.5) is 0 Å². The number of nitrogens with zero attached hydrogens (tertiary/aromatic N) is 1. The number of carbonyl (C=O) groups excluding carboxylic acids is 3. The van der Waals surface area contributed by atoms with Gasteiger partial charge in [-0.1, -0.05) is 31.0 Å². The number of aryl methyl sites for hydroxylation is 1. The highest BCUT2D eigenvalue weighted by Crippen LogP contribution is 2.24. The van der Waals surface area contributed by atoms with Crippen LogP contribution in [0.25, 0.3) is 0 Å². The fraction of sp³-hybridized carbons (Fsp3) is 0.318. The highest BCUT2D eigenvalue weighted by Gasteiger charge is 2.35. The molecule has 1 heterocycles. The van der Waals surface area contributed by atoms with E-state index < -0.39 is 21.9 Å². The summed E-state index contributed by atoms with van der Waals surface area (Å²) in [5.41, 5.74) is 1.51. The largest absolute Gasteiger partial charge is 0.461 e. The summed E-state index contributed by atoms with van der Waals surface area (Å²) in [4.78, 5) is 38.5. The fourth-order valence-corrected chi connectivity index (χ4v) is 4.15. The fourth-order valence-electron chi connectivity index (χ4n) is 3.14. The summed E-state index contributed by atoms with van der Waals surface area (Å²) in [5, 5.41) is 0. The zero-order valence-corrected chi connectivity index (χ0v) is 18.2. The van der Waals surface area contributed by atoms with Gasteiger partial charge in [-0.05, 0) is 43.7 Å². The molecular formula is C22H24N2O6S. The van der Waals surface area contributed by atoms with E-state index in [4.69, 9.17) is 4.74 Å². The van der Waals surface area contributed by atoms with Crippen LogP contribution in [0, 0.1) is 6.92 Å². The van der Waals surface area contributed by atoms with E-state index in [9.17, 15) is 22.8 Å². The van der Waals surface area contributed by atoms with E-state index >= 15 is 0 Å². The molecule has 0 fully saturated rings. The first-order chi connectivity index (χ1) is 14.7. The molecule has 1 aliphatic rings. The van der Waals surface area contributed by atoms with Crippen LogP contribution in [0.5, 0.6) is 0 Å². The second-order valence-electron chi connectivity index (χ2n) is 7.22. The second-order valence-corrected chi connectivity index (χ2v) is 8.99. The molecule has 0 saturated carbocycles. The topological polar surface area (TPSA) is 110 Å². The molecule has 8 nitrogen and oxygen atoms in total. The van der Waals surface area contributed by atoms with Crippen molar-refractivity contribution in [3.05, 3.63) is 64.7 Å². The monoisotopic (exact) mass is 444 g/mol. The van der Waals surface area contributed by atoms with E-state index in [1.165, 1.54) is 35.2 Å². The van der Waals surface area contributed by atoms with E-state index in [2.05, 4.69) is 4.72 Å². The highest BCUT2D eigenvalue weighted by molar-refractivity contribution is 7.89. The van der Waals surface area contributed by atoms with Crippen molar-refractivity contribution in [1.82, 2.24) is 9.62 Å². The van der Waals surface area contributed by atoms with Gasteiger partial charge in [0, 0.05) is 13.1 Å². The predicted molar refractivity (Wildman–Crippen MR) is 113 cm³/mol. The van der Waals surface area contributed by atoms with Crippen molar-refractivity contribution in [2.24, 2.45) is 0 Å². The first-order valence-corrected chi connectivity index (χ1v) is 11.5. The molecule has 2 amide bonds. The average molecular weight is 445 g/mol. The molecule has 0 aliphatic carbocycles. The number of carbonyl (C=O) groups is 3. The Hall–Kier alpha value is -3.04. The molecule has 2 aromatic rings. The molecule has 1 N–H and O–H groups in total. The molecule has 1 aliphatic heterocycles. The molecule has 0 bridgehead atoms. The lowest BCUT2D eigenvalue weighted by molar-refractivity contribution is 0.0512. The second kappa shape index (κ2) is 9.40. The van der Waals surface area contributed by atoms with Crippen LogP contribution in [0.2, 0.25) is 0 Å². The predicted octanol–water partition coefficient (Wildman–Crippen LogP) is 2.53. The Kier molecular flexibility index (Phi) is 6.87. The van der Waals surface area contributed by atoms with Crippen molar-refractivity contribution in [2.75, 3.05) is 19.7 Å². The van der Waals surface area contributed by atoms with Gasteiger partial charge in [-0.15, -0.1) is 0 Å². The Labute approximate surface area is 181 Å². The van der Waals surface area contributed by atoms with Crippen LogP contribution < -0.4 is 4.72 Å². The van der Waals surface area contributed by atoms with E-state index in [1.54, 1.807) is 12.1 Å².